The highest BCUT2D eigenvalue weighted by Gasteiger charge is 2.20. The molecule has 3 amide bonds. The number of aromatic nitrogens is 2. The van der Waals surface area contributed by atoms with E-state index in [4.69, 9.17) is 10.00 Å². The van der Waals surface area contributed by atoms with E-state index in [2.05, 4.69) is 15.7 Å². The van der Waals surface area contributed by atoms with Crippen LogP contribution in [-0.2, 0) is 9.53 Å². The number of amides is 3. The topological polar surface area (TPSA) is 112 Å². The van der Waals surface area contributed by atoms with E-state index < -0.39 is 17.8 Å². The van der Waals surface area contributed by atoms with Gasteiger partial charge in [0.15, 0.2) is 0 Å². The van der Waals surface area contributed by atoms with Crippen molar-refractivity contribution in [2.24, 2.45) is 0 Å². The Morgan fingerprint density at radius 2 is 1.74 bits per heavy atom. The first-order valence-corrected chi connectivity index (χ1v) is 11.7. The number of anilines is 2. The molecule has 0 spiro atoms. The Labute approximate surface area is 219 Å². The van der Waals surface area contributed by atoms with Crippen LogP contribution in [0, 0.1) is 17.1 Å². The van der Waals surface area contributed by atoms with E-state index in [1.807, 2.05) is 36.4 Å². The number of urea groups is 1. The second kappa shape index (κ2) is 12.3. The molecule has 1 heterocycles. The van der Waals surface area contributed by atoms with Gasteiger partial charge in [0.05, 0.1) is 29.6 Å². The van der Waals surface area contributed by atoms with Crippen LogP contribution >= 0.6 is 0 Å². The van der Waals surface area contributed by atoms with Crippen LogP contribution in [0.3, 0.4) is 0 Å². The minimum Gasteiger partial charge on any atom is -0.383 e. The van der Waals surface area contributed by atoms with Crippen molar-refractivity contribution in [3.63, 3.8) is 0 Å². The normalized spacial score (nSPS) is 10.4. The molecular formula is C28H25FN6O3. The molecule has 0 radical (unpaired) electrons. The number of carbonyl (C=O) groups is 2. The molecule has 9 nitrogen and oxygen atoms in total. The predicted octanol–water partition coefficient (Wildman–Crippen LogP) is 4.67. The maximum atomic E-state index is 13.5. The minimum atomic E-state index is -0.501. The quantitative estimate of drug-likeness (QED) is 0.339. The number of nitrogens with one attached hydrogen (secondary N) is 2. The van der Waals surface area contributed by atoms with Gasteiger partial charge in [0.2, 0.25) is 5.91 Å². The van der Waals surface area contributed by atoms with E-state index >= 15 is 0 Å². The average molecular weight is 513 g/mol. The summed E-state index contributed by atoms with van der Waals surface area (Å²) < 4.78 is 20.1. The Balaban J connectivity index is 1.54. The fourth-order valence-corrected chi connectivity index (χ4v) is 3.64. The van der Waals surface area contributed by atoms with Crippen molar-refractivity contribution in [3.05, 3.63) is 96.3 Å². The van der Waals surface area contributed by atoms with Gasteiger partial charge >= 0.3 is 6.03 Å². The Kier molecular flexibility index (Phi) is 8.43. The molecule has 10 heteroatoms. The molecule has 0 aliphatic carbocycles. The minimum absolute atomic E-state index is 0.165. The second-order valence-electron chi connectivity index (χ2n) is 8.25. The summed E-state index contributed by atoms with van der Waals surface area (Å²) in [5, 5.41) is 19.1. The van der Waals surface area contributed by atoms with Gasteiger partial charge in [-0.1, -0.05) is 30.3 Å². The number of carbonyl (C=O) groups excluding carboxylic acids is 2. The van der Waals surface area contributed by atoms with Crippen LogP contribution in [0.5, 0.6) is 0 Å². The van der Waals surface area contributed by atoms with Crippen molar-refractivity contribution < 1.29 is 18.7 Å². The van der Waals surface area contributed by atoms with Gasteiger partial charge in [-0.3, -0.25) is 4.79 Å². The number of halogens is 1. The SMILES string of the molecule is COCCN(CC(=O)Nc1cc(-c2ccccc2)nn1-c1ccc(F)cc1)C(=O)Nc1ccc(C#N)cc1. The zero-order valence-corrected chi connectivity index (χ0v) is 20.6. The summed E-state index contributed by atoms with van der Waals surface area (Å²) in [7, 11) is 1.50. The Morgan fingerprint density at radius 3 is 2.39 bits per heavy atom. The molecule has 38 heavy (non-hydrogen) atoms. The van der Waals surface area contributed by atoms with Crippen molar-refractivity contribution in [3.8, 4) is 23.0 Å². The maximum absolute atomic E-state index is 13.5. The molecule has 192 valence electrons. The lowest BCUT2D eigenvalue weighted by molar-refractivity contribution is -0.116. The number of hydrogen-bond acceptors (Lipinski definition) is 5. The summed E-state index contributed by atoms with van der Waals surface area (Å²) in [4.78, 5) is 27.3. The number of hydrogen-bond donors (Lipinski definition) is 2. The Hall–Kier alpha value is -5.01. The number of nitriles is 1. The first-order chi connectivity index (χ1) is 18.5. The second-order valence-corrected chi connectivity index (χ2v) is 8.25. The van der Waals surface area contributed by atoms with Gasteiger partial charge in [-0.25, -0.2) is 13.9 Å². The third-order valence-corrected chi connectivity index (χ3v) is 5.57. The lowest BCUT2D eigenvalue weighted by Gasteiger charge is -2.22. The summed E-state index contributed by atoms with van der Waals surface area (Å²) in [6, 6.07) is 24.8. The van der Waals surface area contributed by atoms with Crippen molar-refractivity contribution in [2.45, 2.75) is 0 Å². The third-order valence-electron chi connectivity index (χ3n) is 5.57. The molecular weight excluding hydrogens is 487 g/mol. The summed E-state index contributed by atoms with van der Waals surface area (Å²) >= 11 is 0. The van der Waals surface area contributed by atoms with Crippen LogP contribution in [0.4, 0.5) is 20.7 Å². The molecule has 0 bridgehead atoms. The van der Waals surface area contributed by atoms with Gasteiger partial charge in [0, 0.05) is 31.0 Å². The smallest absolute Gasteiger partial charge is 0.322 e. The first kappa shape index (κ1) is 26.1. The molecule has 0 fully saturated rings. The molecule has 0 unspecified atom stereocenters. The van der Waals surface area contributed by atoms with Crippen molar-refractivity contribution in [2.75, 3.05) is 37.4 Å². The van der Waals surface area contributed by atoms with E-state index in [0.29, 0.717) is 28.5 Å². The molecule has 2 N–H and O–H groups in total. The summed E-state index contributed by atoms with van der Waals surface area (Å²) in [5.74, 6) is -0.490. The highest BCUT2D eigenvalue weighted by molar-refractivity contribution is 5.97. The van der Waals surface area contributed by atoms with Crippen molar-refractivity contribution in [1.82, 2.24) is 14.7 Å². The number of methoxy groups -OCH3 is 1. The lowest BCUT2D eigenvalue weighted by atomic mass is 10.1. The van der Waals surface area contributed by atoms with Gasteiger partial charge < -0.3 is 20.3 Å². The first-order valence-electron chi connectivity index (χ1n) is 11.7. The molecule has 1 aromatic heterocycles. The zero-order chi connectivity index (χ0) is 26.9. The highest BCUT2D eigenvalue weighted by atomic mass is 19.1. The van der Waals surface area contributed by atoms with Crippen LogP contribution in [0.1, 0.15) is 5.56 Å². The average Bonchev–Trinajstić information content (AvgIpc) is 3.35. The largest absolute Gasteiger partial charge is 0.383 e. The van der Waals surface area contributed by atoms with E-state index in [1.165, 1.54) is 28.8 Å². The van der Waals surface area contributed by atoms with E-state index in [9.17, 15) is 14.0 Å². The molecule has 0 atom stereocenters. The molecule has 0 saturated carbocycles. The molecule has 4 rings (SSSR count). The van der Waals surface area contributed by atoms with Crippen LogP contribution in [0.2, 0.25) is 0 Å². The Bertz CT molecular complexity index is 1430. The van der Waals surface area contributed by atoms with Gasteiger partial charge in [0.1, 0.15) is 18.2 Å². The molecule has 0 saturated heterocycles. The predicted molar refractivity (Wildman–Crippen MR) is 141 cm³/mol. The summed E-state index contributed by atoms with van der Waals surface area (Å²) in [6.07, 6.45) is 0. The van der Waals surface area contributed by atoms with Crippen LogP contribution < -0.4 is 10.6 Å². The van der Waals surface area contributed by atoms with E-state index in [0.717, 1.165) is 5.56 Å². The summed E-state index contributed by atoms with van der Waals surface area (Å²) in [6.45, 7) is 0.124. The van der Waals surface area contributed by atoms with Crippen LogP contribution in [-0.4, -0.2) is 53.4 Å². The fourth-order valence-electron chi connectivity index (χ4n) is 3.64. The Morgan fingerprint density at radius 1 is 1.03 bits per heavy atom. The van der Waals surface area contributed by atoms with Gasteiger partial charge in [0.25, 0.3) is 0 Å². The zero-order valence-electron chi connectivity index (χ0n) is 20.6. The summed E-state index contributed by atoms with van der Waals surface area (Å²) in [5.41, 5.74) is 2.95. The lowest BCUT2D eigenvalue weighted by Crippen LogP contribution is -2.42. The number of benzene rings is 3. The molecule has 4 aromatic rings. The van der Waals surface area contributed by atoms with Crippen molar-refractivity contribution >= 4 is 23.4 Å². The molecule has 3 aromatic carbocycles. The van der Waals surface area contributed by atoms with E-state index in [-0.39, 0.29) is 19.7 Å². The maximum Gasteiger partial charge on any atom is 0.322 e. The number of ether oxygens (including phenoxy) is 1. The van der Waals surface area contributed by atoms with Gasteiger partial charge in [-0.05, 0) is 48.5 Å². The van der Waals surface area contributed by atoms with Crippen molar-refractivity contribution in [1.29, 1.82) is 5.26 Å². The molecule has 0 aliphatic heterocycles. The third kappa shape index (κ3) is 6.60. The molecule has 0 aliphatic rings. The monoisotopic (exact) mass is 512 g/mol. The van der Waals surface area contributed by atoms with Crippen LogP contribution in [0.15, 0.2) is 84.9 Å². The standard InChI is InChI=1S/C28H25FN6O3/c1-38-16-15-34(28(37)31-23-11-7-20(18-30)8-12-23)19-27(36)32-26-17-25(21-5-3-2-4-6-21)33-35(26)24-13-9-22(29)10-14-24/h2-14,17H,15-16,19H2,1H3,(H,31,37)(H,32,36). The highest BCUT2D eigenvalue weighted by Crippen LogP contribution is 2.25. The van der Waals surface area contributed by atoms with Gasteiger partial charge in [-0.15, -0.1) is 0 Å². The number of nitrogens with zero attached hydrogens (tertiary/aromatic N) is 4. The number of rotatable bonds is 9. The van der Waals surface area contributed by atoms with E-state index in [1.54, 1.807) is 42.5 Å². The van der Waals surface area contributed by atoms with Crippen LogP contribution in [0.25, 0.3) is 16.9 Å². The fraction of sp³-hybridized carbons (Fsp3) is 0.143. The van der Waals surface area contributed by atoms with Gasteiger partial charge in [-0.2, -0.15) is 10.4 Å².